The lowest BCUT2D eigenvalue weighted by Gasteiger charge is -2.19. The van der Waals surface area contributed by atoms with Gasteiger partial charge in [0, 0.05) is 6.04 Å². The molecule has 0 radical (unpaired) electrons. The molecule has 0 saturated carbocycles. The first-order valence-electron chi connectivity index (χ1n) is 6.21. The van der Waals surface area contributed by atoms with E-state index >= 15 is 0 Å². The van der Waals surface area contributed by atoms with Crippen LogP contribution in [0.15, 0.2) is 47.3 Å². The number of hydrogen-bond donors (Lipinski definition) is 1. The van der Waals surface area contributed by atoms with Gasteiger partial charge in [-0.2, -0.15) is 0 Å². The highest BCUT2D eigenvalue weighted by Gasteiger charge is 2.12. The zero-order valence-electron chi connectivity index (χ0n) is 10.8. The van der Waals surface area contributed by atoms with Crippen molar-refractivity contribution in [1.29, 1.82) is 0 Å². The molecule has 2 rings (SSSR count). The second-order valence-corrected chi connectivity index (χ2v) is 4.47. The summed E-state index contributed by atoms with van der Waals surface area (Å²) in [7, 11) is 0. The van der Waals surface area contributed by atoms with Gasteiger partial charge in [-0.25, -0.2) is 0 Å². The van der Waals surface area contributed by atoms with E-state index < -0.39 is 0 Å². The van der Waals surface area contributed by atoms with Gasteiger partial charge in [-0.15, -0.1) is 0 Å². The van der Waals surface area contributed by atoms with E-state index in [0.29, 0.717) is 5.69 Å². The number of aromatic nitrogens is 1. The Morgan fingerprint density at radius 3 is 2.44 bits per heavy atom. The topological polar surface area (TPSA) is 48.0 Å². The fraction of sp³-hybridized carbons (Fsp3) is 0.267. The summed E-state index contributed by atoms with van der Waals surface area (Å²) in [4.78, 5) is 12.2. The van der Waals surface area contributed by atoms with E-state index in [4.69, 9.17) is 5.73 Å². The molecule has 1 aromatic heterocycles. The molecule has 1 unspecified atom stereocenters. The van der Waals surface area contributed by atoms with Crippen LogP contribution < -0.4 is 11.3 Å². The minimum absolute atomic E-state index is 0.106. The molecule has 18 heavy (non-hydrogen) atoms. The van der Waals surface area contributed by atoms with Crippen LogP contribution in [0.2, 0.25) is 0 Å². The number of anilines is 1. The first kappa shape index (κ1) is 12.4. The van der Waals surface area contributed by atoms with Gasteiger partial charge < -0.3 is 10.3 Å². The summed E-state index contributed by atoms with van der Waals surface area (Å²) in [6.07, 6.45) is 0.892. The molecule has 0 saturated heterocycles. The molecule has 94 valence electrons. The number of rotatable bonds is 3. The zero-order chi connectivity index (χ0) is 13.1. The summed E-state index contributed by atoms with van der Waals surface area (Å²) in [5.74, 6) is 0. The van der Waals surface area contributed by atoms with Crippen LogP contribution in [0, 0.1) is 0 Å². The van der Waals surface area contributed by atoms with E-state index in [9.17, 15) is 4.79 Å². The highest BCUT2D eigenvalue weighted by Crippen LogP contribution is 2.22. The number of nitrogen functional groups attached to an aromatic ring is 1. The lowest BCUT2D eigenvalue weighted by molar-refractivity contribution is 0.521. The van der Waals surface area contributed by atoms with Crippen LogP contribution in [0.5, 0.6) is 0 Å². The highest BCUT2D eigenvalue weighted by atomic mass is 16.1. The SMILES string of the molecule is CCC(C)n1c(-c2ccccc2)ccc(N)c1=O. The smallest absolute Gasteiger partial charge is 0.274 e. The third-order valence-corrected chi connectivity index (χ3v) is 3.25. The maximum absolute atomic E-state index is 12.2. The minimum Gasteiger partial charge on any atom is -0.394 e. The molecule has 0 amide bonds. The first-order chi connectivity index (χ1) is 8.65. The molecule has 3 heteroatoms. The Hall–Kier alpha value is -2.03. The van der Waals surface area contributed by atoms with Crippen LogP contribution >= 0.6 is 0 Å². The van der Waals surface area contributed by atoms with Crippen LogP contribution in [0.3, 0.4) is 0 Å². The van der Waals surface area contributed by atoms with Crippen molar-refractivity contribution in [1.82, 2.24) is 4.57 Å². The monoisotopic (exact) mass is 242 g/mol. The third kappa shape index (κ3) is 2.16. The van der Waals surface area contributed by atoms with Gasteiger partial charge in [0.05, 0.1) is 11.4 Å². The Morgan fingerprint density at radius 2 is 1.83 bits per heavy atom. The number of pyridine rings is 1. The fourth-order valence-electron chi connectivity index (χ4n) is 2.03. The number of nitrogens with two attached hydrogens (primary N) is 1. The van der Waals surface area contributed by atoms with E-state index in [2.05, 4.69) is 6.92 Å². The van der Waals surface area contributed by atoms with E-state index in [1.54, 1.807) is 10.6 Å². The summed E-state index contributed by atoms with van der Waals surface area (Å²) < 4.78 is 1.78. The predicted octanol–water partition coefficient (Wildman–Crippen LogP) is 3.07. The summed E-state index contributed by atoms with van der Waals surface area (Å²) in [5, 5.41) is 0. The van der Waals surface area contributed by atoms with Gasteiger partial charge in [0.2, 0.25) is 0 Å². The Bertz CT molecular complexity index is 587. The number of nitrogens with zero attached hydrogens (tertiary/aromatic N) is 1. The van der Waals surface area contributed by atoms with Crippen LogP contribution in [-0.2, 0) is 0 Å². The molecule has 2 N–H and O–H groups in total. The molecule has 0 aliphatic rings. The second kappa shape index (κ2) is 5.08. The second-order valence-electron chi connectivity index (χ2n) is 4.47. The van der Waals surface area contributed by atoms with Crippen LogP contribution in [-0.4, -0.2) is 4.57 Å². The van der Waals surface area contributed by atoms with Crippen molar-refractivity contribution in [3.05, 3.63) is 52.8 Å². The van der Waals surface area contributed by atoms with Crippen LogP contribution in [0.1, 0.15) is 26.3 Å². The summed E-state index contributed by atoms with van der Waals surface area (Å²) in [6.45, 7) is 4.10. The van der Waals surface area contributed by atoms with Crippen molar-refractivity contribution in [2.24, 2.45) is 0 Å². The highest BCUT2D eigenvalue weighted by molar-refractivity contribution is 5.61. The van der Waals surface area contributed by atoms with Gasteiger partial charge in [0.15, 0.2) is 0 Å². The van der Waals surface area contributed by atoms with Gasteiger partial charge in [0.25, 0.3) is 5.56 Å². The van der Waals surface area contributed by atoms with E-state index in [1.807, 2.05) is 43.3 Å². The maximum atomic E-state index is 12.2. The van der Waals surface area contributed by atoms with Gasteiger partial charge in [-0.3, -0.25) is 4.79 Å². The van der Waals surface area contributed by atoms with Crippen molar-refractivity contribution in [3.8, 4) is 11.3 Å². The Kier molecular flexibility index (Phi) is 3.51. The molecule has 2 aromatic rings. The quantitative estimate of drug-likeness (QED) is 0.899. The fourth-order valence-corrected chi connectivity index (χ4v) is 2.03. The summed E-state index contributed by atoms with van der Waals surface area (Å²) in [5.41, 5.74) is 7.88. The molecule has 0 spiro atoms. The molecule has 0 fully saturated rings. The summed E-state index contributed by atoms with van der Waals surface area (Å²) >= 11 is 0. The molecule has 1 aromatic carbocycles. The molecule has 1 atom stereocenters. The van der Waals surface area contributed by atoms with Gasteiger partial charge in [0.1, 0.15) is 0 Å². The van der Waals surface area contributed by atoms with Crippen molar-refractivity contribution in [2.75, 3.05) is 5.73 Å². The molecule has 0 aliphatic heterocycles. The average molecular weight is 242 g/mol. The largest absolute Gasteiger partial charge is 0.394 e. The predicted molar refractivity (Wildman–Crippen MR) is 75.6 cm³/mol. The van der Waals surface area contributed by atoms with E-state index in [0.717, 1.165) is 17.7 Å². The van der Waals surface area contributed by atoms with Crippen LogP contribution in [0.25, 0.3) is 11.3 Å². The standard InChI is InChI=1S/C15H18N2O/c1-3-11(2)17-14(10-9-13(16)15(17)18)12-7-5-4-6-8-12/h4-11H,3,16H2,1-2H3. The maximum Gasteiger partial charge on any atom is 0.274 e. The number of hydrogen-bond acceptors (Lipinski definition) is 2. The van der Waals surface area contributed by atoms with Crippen molar-refractivity contribution < 1.29 is 0 Å². The molecule has 0 aliphatic carbocycles. The van der Waals surface area contributed by atoms with Crippen molar-refractivity contribution >= 4 is 5.69 Å². The minimum atomic E-state index is -0.106. The Morgan fingerprint density at radius 1 is 1.17 bits per heavy atom. The van der Waals surface area contributed by atoms with Gasteiger partial charge >= 0.3 is 0 Å². The van der Waals surface area contributed by atoms with Crippen molar-refractivity contribution in [2.45, 2.75) is 26.3 Å². The molecular weight excluding hydrogens is 224 g/mol. The van der Waals surface area contributed by atoms with Gasteiger partial charge in [-0.1, -0.05) is 37.3 Å². The summed E-state index contributed by atoms with van der Waals surface area (Å²) in [6, 6.07) is 13.6. The lowest BCUT2D eigenvalue weighted by Crippen LogP contribution is -2.26. The van der Waals surface area contributed by atoms with E-state index in [1.165, 1.54) is 0 Å². The zero-order valence-corrected chi connectivity index (χ0v) is 10.8. The van der Waals surface area contributed by atoms with Crippen LogP contribution in [0.4, 0.5) is 5.69 Å². The first-order valence-corrected chi connectivity index (χ1v) is 6.21. The normalized spacial score (nSPS) is 12.3. The Labute approximate surface area is 107 Å². The lowest BCUT2D eigenvalue weighted by atomic mass is 10.1. The molecule has 1 heterocycles. The Balaban J connectivity index is 2.68. The van der Waals surface area contributed by atoms with E-state index in [-0.39, 0.29) is 11.6 Å². The third-order valence-electron chi connectivity index (χ3n) is 3.25. The van der Waals surface area contributed by atoms with Gasteiger partial charge in [-0.05, 0) is 31.0 Å². The molecular formula is C15H18N2O. The average Bonchev–Trinajstić information content (AvgIpc) is 2.42. The molecule has 0 bridgehead atoms. The number of benzene rings is 1. The molecule has 3 nitrogen and oxygen atoms in total. The van der Waals surface area contributed by atoms with Crippen molar-refractivity contribution in [3.63, 3.8) is 0 Å².